The van der Waals surface area contributed by atoms with Crippen molar-refractivity contribution in [1.29, 1.82) is 0 Å². The van der Waals surface area contributed by atoms with Crippen molar-refractivity contribution in [3.05, 3.63) is 63.4 Å². The fourth-order valence-corrected chi connectivity index (χ4v) is 2.69. The standard InChI is InChI=1S/C16H15BrClFO/c1-3-20-15-7-6-11(8-13(15)17)16(18)12-5-4-10(2)14(19)9-12/h4-9,16H,3H2,1-2H3. The van der Waals surface area contributed by atoms with Gasteiger partial charge in [0.1, 0.15) is 11.6 Å². The molecule has 0 aliphatic carbocycles. The van der Waals surface area contributed by atoms with Gasteiger partial charge in [-0.1, -0.05) is 18.2 Å². The number of ether oxygens (including phenoxy) is 1. The van der Waals surface area contributed by atoms with Crippen LogP contribution in [0.5, 0.6) is 5.75 Å². The maximum Gasteiger partial charge on any atom is 0.133 e. The molecule has 1 nitrogen and oxygen atoms in total. The van der Waals surface area contributed by atoms with Gasteiger partial charge < -0.3 is 4.74 Å². The molecule has 0 aliphatic heterocycles. The summed E-state index contributed by atoms with van der Waals surface area (Å²) >= 11 is 9.89. The molecule has 0 N–H and O–H groups in total. The highest BCUT2D eigenvalue weighted by atomic mass is 79.9. The first-order valence-corrected chi connectivity index (χ1v) is 7.58. The molecule has 0 aromatic heterocycles. The number of benzene rings is 2. The zero-order chi connectivity index (χ0) is 14.7. The molecule has 0 fully saturated rings. The van der Waals surface area contributed by atoms with E-state index in [1.807, 2.05) is 31.2 Å². The van der Waals surface area contributed by atoms with Crippen molar-refractivity contribution in [2.45, 2.75) is 19.2 Å². The van der Waals surface area contributed by atoms with Crippen molar-refractivity contribution >= 4 is 27.5 Å². The summed E-state index contributed by atoms with van der Waals surface area (Å²) in [4.78, 5) is 0. The number of alkyl halides is 1. The lowest BCUT2D eigenvalue weighted by Crippen LogP contribution is -1.97. The summed E-state index contributed by atoms with van der Waals surface area (Å²) in [6, 6.07) is 10.7. The largest absolute Gasteiger partial charge is 0.493 e. The topological polar surface area (TPSA) is 9.23 Å². The maximum absolute atomic E-state index is 13.6. The third kappa shape index (κ3) is 3.33. The van der Waals surface area contributed by atoms with Crippen LogP contribution in [0.2, 0.25) is 0 Å². The molecule has 2 aromatic carbocycles. The number of hydrogen-bond donors (Lipinski definition) is 0. The van der Waals surface area contributed by atoms with Gasteiger partial charge in [0.2, 0.25) is 0 Å². The lowest BCUT2D eigenvalue weighted by molar-refractivity contribution is 0.338. The molecule has 0 spiro atoms. The van der Waals surface area contributed by atoms with Gasteiger partial charge in [-0.25, -0.2) is 4.39 Å². The van der Waals surface area contributed by atoms with E-state index in [1.54, 1.807) is 13.0 Å². The number of hydrogen-bond acceptors (Lipinski definition) is 1. The Balaban J connectivity index is 2.30. The Labute approximate surface area is 131 Å². The second-order valence-corrected chi connectivity index (χ2v) is 5.78. The van der Waals surface area contributed by atoms with Gasteiger partial charge in [0, 0.05) is 0 Å². The summed E-state index contributed by atoms with van der Waals surface area (Å²) in [6.07, 6.45) is 0. The molecule has 0 saturated heterocycles. The van der Waals surface area contributed by atoms with Gasteiger partial charge in [-0.3, -0.25) is 0 Å². The minimum atomic E-state index is -0.392. The summed E-state index contributed by atoms with van der Waals surface area (Å²) in [5.74, 6) is 0.536. The van der Waals surface area contributed by atoms with E-state index >= 15 is 0 Å². The summed E-state index contributed by atoms with van der Waals surface area (Å²) in [6.45, 7) is 4.26. The van der Waals surface area contributed by atoms with Crippen LogP contribution < -0.4 is 4.74 Å². The highest BCUT2D eigenvalue weighted by molar-refractivity contribution is 9.10. The number of aryl methyl sites for hydroxylation is 1. The Morgan fingerprint density at radius 2 is 1.85 bits per heavy atom. The molecule has 2 rings (SSSR count). The monoisotopic (exact) mass is 356 g/mol. The molecule has 0 heterocycles. The Kier molecular flexibility index (Phi) is 5.06. The summed E-state index contributed by atoms with van der Waals surface area (Å²) in [5, 5.41) is -0.392. The van der Waals surface area contributed by atoms with E-state index in [0.717, 1.165) is 21.3 Å². The zero-order valence-corrected chi connectivity index (χ0v) is 13.6. The van der Waals surface area contributed by atoms with Gasteiger partial charge in [-0.2, -0.15) is 0 Å². The predicted molar refractivity (Wildman–Crippen MR) is 84.1 cm³/mol. The van der Waals surface area contributed by atoms with Gasteiger partial charge in [0.25, 0.3) is 0 Å². The fraction of sp³-hybridized carbons (Fsp3) is 0.250. The molecule has 106 valence electrons. The highest BCUT2D eigenvalue weighted by Crippen LogP contribution is 2.34. The predicted octanol–water partition coefficient (Wildman–Crippen LogP) is 5.62. The normalized spacial score (nSPS) is 12.2. The van der Waals surface area contributed by atoms with Crippen molar-refractivity contribution in [3.8, 4) is 5.75 Å². The Hall–Kier alpha value is -1.06. The molecule has 0 saturated carbocycles. The maximum atomic E-state index is 13.6. The fourth-order valence-electron chi connectivity index (χ4n) is 1.91. The van der Waals surface area contributed by atoms with Crippen LogP contribution in [0.3, 0.4) is 0 Å². The lowest BCUT2D eigenvalue weighted by Gasteiger charge is -2.13. The first-order chi connectivity index (χ1) is 9.52. The SMILES string of the molecule is CCOc1ccc(C(Cl)c2ccc(C)c(F)c2)cc1Br. The number of halogens is 3. The van der Waals surface area contributed by atoms with Crippen molar-refractivity contribution in [2.24, 2.45) is 0 Å². The van der Waals surface area contributed by atoms with Gasteiger partial charge in [-0.15, -0.1) is 11.6 Å². The van der Waals surface area contributed by atoms with Gasteiger partial charge in [-0.05, 0) is 64.7 Å². The summed E-state index contributed by atoms with van der Waals surface area (Å²) < 4.78 is 19.9. The third-order valence-corrected chi connectivity index (χ3v) is 4.16. The Bertz CT molecular complexity index is 615. The molecule has 4 heteroatoms. The van der Waals surface area contributed by atoms with Crippen LogP contribution in [0.4, 0.5) is 4.39 Å². The molecule has 0 bridgehead atoms. The zero-order valence-electron chi connectivity index (χ0n) is 11.3. The third-order valence-electron chi connectivity index (χ3n) is 3.04. The van der Waals surface area contributed by atoms with Crippen molar-refractivity contribution < 1.29 is 9.13 Å². The molecular weight excluding hydrogens is 343 g/mol. The Morgan fingerprint density at radius 3 is 2.45 bits per heavy atom. The van der Waals surface area contributed by atoms with Crippen LogP contribution in [-0.2, 0) is 0 Å². The highest BCUT2D eigenvalue weighted by Gasteiger charge is 2.14. The van der Waals surface area contributed by atoms with E-state index in [-0.39, 0.29) is 5.82 Å². The van der Waals surface area contributed by atoms with Gasteiger partial charge in [0.05, 0.1) is 16.5 Å². The molecule has 0 amide bonds. The van der Waals surface area contributed by atoms with Crippen molar-refractivity contribution in [1.82, 2.24) is 0 Å². The molecule has 1 unspecified atom stereocenters. The van der Waals surface area contributed by atoms with Crippen LogP contribution in [-0.4, -0.2) is 6.61 Å². The van der Waals surface area contributed by atoms with Crippen LogP contribution in [0.25, 0.3) is 0 Å². The molecule has 1 atom stereocenters. The second-order valence-electron chi connectivity index (χ2n) is 4.49. The lowest BCUT2D eigenvalue weighted by atomic mass is 10.0. The number of rotatable bonds is 4. The minimum absolute atomic E-state index is 0.238. The second kappa shape index (κ2) is 6.59. The van der Waals surface area contributed by atoms with Crippen LogP contribution in [0, 0.1) is 12.7 Å². The van der Waals surface area contributed by atoms with E-state index < -0.39 is 5.38 Å². The first kappa shape index (κ1) is 15.3. The summed E-state index contributed by atoms with van der Waals surface area (Å²) in [7, 11) is 0. The smallest absolute Gasteiger partial charge is 0.133 e. The molecule has 20 heavy (non-hydrogen) atoms. The van der Waals surface area contributed by atoms with E-state index in [9.17, 15) is 4.39 Å². The molecule has 0 aliphatic rings. The van der Waals surface area contributed by atoms with E-state index in [4.69, 9.17) is 16.3 Å². The van der Waals surface area contributed by atoms with Gasteiger partial charge in [0.15, 0.2) is 0 Å². The molecule has 2 aromatic rings. The molecular formula is C16H15BrClFO. The first-order valence-electron chi connectivity index (χ1n) is 6.35. The van der Waals surface area contributed by atoms with Gasteiger partial charge >= 0.3 is 0 Å². The minimum Gasteiger partial charge on any atom is -0.493 e. The summed E-state index contributed by atoms with van der Waals surface area (Å²) in [5.41, 5.74) is 2.25. The van der Waals surface area contributed by atoms with E-state index in [0.29, 0.717) is 12.2 Å². The molecule has 0 radical (unpaired) electrons. The van der Waals surface area contributed by atoms with Crippen LogP contribution >= 0.6 is 27.5 Å². The Morgan fingerprint density at radius 1 is 1.20 bits per heavy atom. The van der Waals surface area contributed by atoms with Crippen molar-refractivity contribution in [3.63, 3.8) is 0 Å². The van der Waals surface area contributed by atoms with Crippen LogP contribution in [0.15, 0.2) is 40.9 Å². The quantitative estimate of drug-likeness (QED) is 0.645. The van der Waals surface area contributed by atoms with Crippen LogP contribution in [0.1, 0.15) is 29.0 Å². The van der Waals surface area contributed by atoms with Crippen molar-refractivity contribution in [2.75, 3.05) is 6.61 Å². The average molecular weight is 358 g/mol. The average Bonchev–Trinajstić information content (AvgIpc) is 2.43. The van der Waals surface area contributed by atoms with E-state index in [2.05, 4.69) is 15.9 Å². The van der Waals surface area contributed by atoms with E-state index in [1.165, 1.54) is 6.07 Å².